The van der Waals surface area contributed by atoms with Crippen molar-refractivity contribution in [2.75, 3.05) is 0 Å². The summed E-state index contributed by atoms with van der Waals surface area (Å²) in [4.78, 5) is 0. The van der Waals surface area contributed by atoms with Gasteiger partial charge in [-0.15, -0.1) is 24.3 Å². The molecule has 0 spiro atoms. The van der Waals surface area contributed by atoms with Crippen LogP contribution in [-0.4, -0.2) is 0 Å². The monoisotopic (exact) mass is 424 g/mol. The molecule has 0 saturated heterocycles. The Hall–Kier alpha value is -1.07. The molecule has 0 N–H and O–H groups in total. The van der Waals surface area contributed by atoms with E-state index in [1.165, 1.54) is 11.1 Å². The van der Waals surface area contributed by atoms with E-state index in [4.69, 9.17) is 0 Å². The van der Waals surface area contributed by atoms with Gasteiger partial charge in [-0.2, -0.15) is 53.5 Å². The fraction of sp³-hybridized carbons (Fsp3) is 0.0385. The van der Waals surface area contributed by atoms with Crippen molar-refractivity contribution in [2.24, 2.45) is 0 Å². The summed E-state index contributed by atoms with van der Waals surface area (Å²) in [5, 5.41) is 0. The van der Waals surface area contributed by atoms with Crippen LogP contribution in [0.2, 0.25) is 0 Å². The van der Waals surface area contributed by atoms with E-state index >= 15 is 0 Å². The summed E-state index contributed by atoms with van der Waals surface area (Å²) in [6.45, 7) is 0. The number of benzene rings is 2. The maximum absolute atomic E-state index is 3.33. The minimum atomic E-state index is 0. The Morgan fingerprint density at radius 1 is 0.630 bits per heavy atom. The largest absolute Gasteiger partial charge is 2.00 e. The van der Waals surface area contributed by atoms with Gasteiger partial charge in [0.05, 0.1) is 0 Å². The molecule has 2 saturated carbocycles. The normalized spacial score (nSPS) is 19.3. The smallest absolute Gasteiger partial charge is 0.193 e. The summed E-state index contributed by atoms with van der Waals surface area (Å²) in [7, 11) is 0. The van der Waals surface area contributed by atoms with Crippen molar-refractivity contribution in [2.45, 2.75) is 5.92 Å². The van der Waals surface area contributed by atoms with Crippen molar-refractivity contribution in [3.05, 3.63) is 154 Å². The molecule has 1 atom stereocenters. The molecule has 2 fully saturated rings. The average Bonchev–Trinajstić information content (AvgIpc) is 3.42. The minimum absolute atomic E-state index is 0. The van der Waals surface area contributed by atoms with E-state index in [9.17, 15) is 0 Å². The van der Waals surface area contributed by atoms with E-state index < -0.39 is 0 Å². The van der Waals surface area contributed by atoms with E-state index in [1.807, 2.05) is 82.4 Å². The van der Waals surface area contributed by atoms with Gasteiger partial charge in [0.1, 0.15) is 0 Å². The third-order valence-electron chi connectivity index (χ3n) is 4.03. The van der Waals surface area contributed by atoms with Gasteiger partial charge in [-0.3, -0.25) is 0 Å². The van der Waals surface area contributed by atoms with E-state index in [2.05, 4.69) is 55.0 Å². The standard InChI is InChI=1S/C16H12.2C5H5.Zr/c1-2-6-13(7-3-1)10-11-15-12-14-8-4-5-9-16(14)15;2*1-2-4-5-3-1;/h1-9,11-12,15H;2*1-5H;/q-2;;;+2. The summed E-state index contributed by atoms with van der Waals surface area (Å²) < 4.78 is 0. The van der Waals surface area contributed by atoms with E-state index in [0.29, 0.717) is 5.92 Å². The van der Waals surface area contributed by atoms with Gasteiger partial charge in [0.2, 0.25) is 0 Å². The van der Waals surface area contributed by atoms with Crippen molar-refractivity contribution in [3.8, 4) is 0 Å². The molecule has 0 aromatic heterocycles. The molecule has 0 nitrogen and oxygen atoms in total. The van der Waals surface area contributed by atoms with Crippen molar-refractivity contribution in [3.63, 3.8) is 0 Å². The topological polar surface area (TPSA) is 0 Å². The van der Waals surface area contributed by atoms with Crippen molar-refractivity contribution < 1.29 is 26.2 Å². The summed E-state index contributed by atoms with van der Waals surface area (Å²) in [5.41, 5.74) is 3.91. The van der Waals surface area contributed by atoms with Crippen LogP contribution in [0.5, 0.6) is 0 Å². The second kappa shape index (κ2) is 13.2. The van der Waals surface area contributed by atoms with E-state index in [1.54, 1.807) is 0 Å². The molecule has 5 rings (SSSR count). The van der Waals surface area contributed by atoms with Gasteiger partial charge in [0, 0.05) is 0 Å². The average molecular weight is 426 g/mol. The maximum atomic E-state index is 3.33. The first-order valence-electron chi connectivity index (χ1n) is 8.85. The molecule has 3 aliphatic rings. The molecule has 0 aliphatic heterocycles. The van der Waals surface area contributed by atoms with Crippen LogP contribution in [0, 0.1) is 76.7 Å². The summed E-state index contributed by atoms with van der Waals surface area (Å²) >= 11 is 0. The SMILES string of the molecule is [C-](=CC1[CH-]c2ccccc21)c1ccccc1.[CH]1[CH][CH][CH][CH]1.[CH]1[CH][CH][CH][CH]1.[Zr+2]. The Morgan fingerprint density at radius 3 is 1.63 bits per heavy atom. The third-order valence-corrected chi connectivity index (χ3v) is 4.03. The molecule has 0 heterocycles. The Kier molecular flexibility index (Phi) is 10.8. The van der Waals surface area contributed by atoms with Crippen LogP contribution in [0.3, 0.4) is 0 Å². The van der Waals surface area contributed by atoms with Crippen LogP contribution in [0.25, 0.3) is 0 Å². The van der Waals surface area contributed by atoms with Crippen molar-refractivity contribution in [1.82, 2.24) is 0 Å². The van der Waals surface area contributed by atoms with E-state index in [0.717, 1.165) is 5.56 Å². The van der Waals surface area contributed by atoms with Crippen LogP contribution < -0.4 is 0 Å². The molecular formula is C26H22Zr. The molecule has 10 radical (unpaired) electrons. The van der Waals surface area contributed by atoms with Gasteiger partial charge in [0.25, 0.3) is 0 Å². The minimum Gasteiger partial charge on any atom is -0.193 e. The molecule has 0 amide bonds. The van der Waals surface area contributed by atoms with Crippen LogP contribution in [0.15, 0.2) is 60.7 Å². The fourth-order valence-electron chi connectivity index (χ4n) is 2.65. The number of hydrogen-bond acceptors (Lipinski definition) is 0. The number of allylic oxidation sites excluding steroid dienone is 1. The Morgan fingerprint density at radius 2 is 1.11 bits per heavy atom. The zero-order chi connectivity index (χ0) is 17.9. The molecule has 27 heavy (non-hydrogen) atoms. The zero-order valence-electron chi connectivity index (χ0n) is 15.2. The summed E-state index contributed by atoms with van der Waals surface area (Å²) in [5.74, 6) is 0.441. The molecule has 2 aromatic rings. The first-order chi connectivity index (χ1) is 12.9. The van der Waals surface area contributed by atoms with Crippen LogP contribution in [-0.2, 0) is 26.2 Å². The molecule has 3 aliphatic carbocycles. The van der Waals surface area contributed by atoms with Gasteiger partial charge in [-0.1, -0.05) is 18.1 Å². The molecule has 1 heteroatoms. The predicted octanol–water partition coefficient (Wildman–Crippen LogP) is 5.78. The van der Waals surface area contributed by atoms with E-state index in [-0.39, 0.29) is 26.2 Å². The van der Waals surface area contributed by atoms with Gasteiger partial charge in [-0.05, 0) is 64.2 Å². The quantitative estimate of drug-likeness (QED) is 0.535. The first-order valence-corrected chi connectivity index (χ1v) is 8.85. The maximum Gasteiger partial charge on any atom is 2.00 e. The third kappa shape index (κ3) is 7.83. The fourth-order valence-corrected chi connectivity index (χ4v) is 2.65. The van der Waals surface area contributed by atoms with Crippen LogP contribution >= 0.6 is 0 Å². The zero-order valence-corrected chi connectivity index (χ0v) is 17.7. The number of fused-ring (bicyclic) bond motifs is 1. The Balaban J connectivity index is 0.000000195. The molecule has 0 bridgehead atoms. The van der Waals surface area contributed by atoms with Gasteiger partial charge in [-0.25, -0.2) is 0 Å². The van der Waals surface area contributed by atoms with Crippen molar-refractivity contribution in [1.29, 1.82) is 0 Å². The molecular weight excluding hydrogens is 404 g/mol. The Bertz CT molecular complexity index is 626. The van der Waals surface area contributed by atoms with Gasteiger partial charge >= 0.3 is 26.2 Å². The van der Waals surface area contributed by atoms with Crippen LogP contribution in [0.4, 0.5) is 0 Å². The molecule has 1 unspecified atom stereocenters. The van der Waals surface area contributed by atoms with Crippen molar-refractivity contribution >= 4 is 0 Å². The second-order valence-corrected chi connectivity index (χ2v) is 5.92. The Labute approximate surface area is 185 Å². The first kappa shape index (κ1) is 22.2. The second-order valence-electron chi connectivity index (χ2n) is 5.92. The van der Waals surface area contributed by atoms with Gasteiger partial charge in [0.15, 0.2) is 0 Å². The predicted molar refractivity (Wildman–Crippen MR) is 109 cm³/mol. The van der Waals surface area contributed by atoms with Gasteiger partial charge < -0.3 is 0 Å². The van der Waals surface area contributed by atoms with Crippen LogP contribution in [0.1, 0.15) is 22.6 Å². The summed E-state index contributed by atoms with van der Waals surface area (Å²) in [6.07, 6.45) is 27.7. The number of hydrogen-bond donors (Lipinski definition) is 0. The molecule has 2 aromatic carbocycles. The number of rotatable bonds is 2. The molecule has 130 valence electrons. The summed E-state index contributed by atoms with van der Waals surface area (Å²) in [6, 6.07) is 18.7.